The number of benzene rings is 1. The van der Waals surface area contributed by atoms with Gasteiger partial charge in [0.2, 0.25) is 0 Å². The molecule has 3 heteroatoms. The first-order valence-corrected chi connectivity index (χ1v) is 9.21. The molecule has 2 aliphatic carbocycles. The summed E-state index contributed by atoms with van der Waals surface area (Å²) in [5.74, 6) is 0. The summed E-state index contributed by atoms with van der Waals surface area (Å²) in [4.78, 5) is 0. The standard InChI is InChI=1S/C8H8.2C7H9.2ClH.Zr/c1-2-8-6-4-3-5-7-8;2*1-6-3-4-7(2)5-6;;;/h3-7H,1H3;2*5H,3H2,1-2H3;2*1H;/q;2*-1;;;+2/p-2. The molecule has 0 fully saturated rings. The van der Waals surface area contributed by atoms with Crippen molar-refractivity contribution in [2.24, 2.45) is 0 Å². The van der Waals surface area contributed by atoms with Gasteiger partial charge in [-0.2, -0.15) is 11.1 Å². The number of hydrogen-bond donors (Lipinski definition) is 0. The van der Waals surface area contributed by atoms with Crippen molar-refractivity contribution in [1.82, 2.24) is 0 Å². The molecule has 0 unspecified atom stereocenters. The van der Waals surface area contributed by atoms with Crippen molar-refractivity contribution >= 4 is 3.21 Å². The molecule has 0 aromatic heterocycles. The summed E-state index contributed by atoms with van der Waals surface area (Å²) < 4.78 is 1.46. The van der Waals surface area contributed by atoms with Gasteiger partial charge in [-0.25, -0.2) is 23.3 Å². The number of rotatable bonds is 1. The normalized spacial score (nSPS) is 14.0. The Hall–Kier alpha value is -0.487. The summed E-state index contributed by atoms with van der Waals surface area (Å²) in [6.45, 7) is 10.6. The van der Waals surface area contributed by atoms with Crippen LogP contribution < -0.4 is 24.8 Å². The molecular weight excluding hydrogens is 426 g/mol. The quantitative estimate of drug-likeness (QED) is 0.525. The van der Waals surface area contributed by atoms with E-state index in [2.05, 4.69) is 83.2 Å². The first-order chi connectivity index (χ1) is 10.9. The zero-order valence-electron chi connectivity index (χ0n) is 15.7. The largest absolute Gasteiger partial charge is 1.00 e. The Bertz CT molecular complexity index is 616. The number of hydrogen-bond acceptors (Lipinski definition) is 0. The Labute approximate surface area is 181 Å². The van der Waals surface area contributed by atoms with Gasteiger partial charge in [-0.05, 0) is 0 Å². The second-order valence-corrected chi connectivity index (χ2v) is 7.89. The molecule has 0 N–H and O–H groups in total. The Kier molecular flexibility index (Phi) is 15.7. The third kappa shape index (κ3) is 12.5. The van der Waals surface area contributed by atoms with E-state index in [0.29, 0.717) is 0 Å². The molecule has 0 nitrogen and oxygen atoms in total. The van der Waals surface area contributed by atoms with Crippen molar-refractivity contribution in [3.05, 3.63) is 82.5 Å². The van der Waals surface area contributed by atoms with E-state index >= 15 is 0 Å². The van der Waals surface area contributed by atoms with Crippen LogP contribution in [0.3, 0.4) is 0 Å². The molecule has 0 spiro atoms. The molecule has 0 aliphatic heterocycles. The van der Waals surface area contributed by atoms with Gasteiger partial charge in [-0.3, -0.25) is 12.2 Å². The molecule has 25 heavy (non-hydrogen) atoms. The van der Waals surface area contributed by atoms with Gasteiger partial charge in [0.15, 0.2) is 0 Å². The van der Waals surface area contributed by atoms with Crippen LogP contribution in [0.2, 0.25) is 0 Å². The van der Waals surface area contributed by atoms with Crippen LogP contribution in [-0.2, 0) is 24.2 Å². The molecule has 134 valence electrons. The number of halogens is 2. The van der Waals surface area contributed by atoms with E-state index in [1.54, 1.807) is 0 Å². The maximum Gasteiger partial charge on any atom is -1.00 e. The van der Waals surface area contributed by atoms with Crippen LogP contribution in [0.15, 0.2) is 64.8 Å². The molecule has 1 aromatic carbocycles. The first kappa shape index (κ1) is 26.7. The van der Waals surface area contributed by atoms with Crippen LogP contribution in [0.4, 0.5) is 0 Å². The second-order valence-electron chi connectivity index (χ2n) is 6.05. The molecule has 2 aliphatic rings. The fourth-order valence-electron chi connectivity index (χ4n) is 2.19. The van der Waals surface area contributed by atoms with Crippen LogP contribution in [0.25, 0.3) is 0 Å². The minimum Gasteiger partial charge on any atom is -1.00 e. The van der Waals surface area contributed by atoms with Crippen LogP contribution in [-0.4, -0.2) is 3.21 Å². The molecule has 0 heterocycles. The van der Waals surface area contributed by atoms with E-state index < -0.39 is 0 Å². The Morgan fingerprint density at radius 3 is 1.36 bits per heavy atom. The molecule has 1 aromatic rings. The number of allylic oxidation sites excluding steroid dienone is 8. The topological polar surface area (TPSA) is 0 Å². The van der Waals surface area contributed by atoms with Crippen LogP contribution in [0.1, 0.15) is 53.0 Å². The second kappa shape index (κ2) is 14.7. The summed E-state index contributed by atoms with van der Waals surface area (Å²) >= 11 is 1.51. The minimum absolute atomic E-state index is 0. The van der Waals surface area contributed by atoms with Crippen LogP contribution in [0.5, 0.6) is 0 Å². The van der Waals surface area contributed by atoms with E-state index in [1.165, 1.54) is 55.3 Å². The van der Waals surface area contributed by atoms with Crippen molar-refractivity contribution in [3.8, 4) is 0 Å². The molecule has 0 bridgehead atoms. The van der Waals surface area contributed by atoms with Gasteiger partial charge in [0.25, 0.3) is 0 Å². The smallest absolute Gasteiger partial charge is 1.00 e. The Balaban J connectivity index is 0. The molecule has 0 saturated carbocycles. The molecule has 0 atom stereocenters. The van der Waals surface area contributed by atoms with Crippen molar-refractivity contribution in [1.29, 1.82) is 0 Å². The zero-order chi connectivity index (χ0) is 17.2. The van der Waals surface area contributed by atoms with E-state index in [0.717, 1.165) is 12.8 Å². The SMILES string of the molecule is CC1=[C-]CC(C)=C1.CC1=[C-]CC(C)=C1.C[C](=[Zr+2])c1ccccc1.[Cl-].[Cl-]. The van der Waals surface area contributed by atoms with Gasteiger partial charge >= 0.3 is 70.3 Å². The van der Waals surface area contributed by atoms with Gasteiger partial charge in [0, 0.05) is 0 Å². The van der Waals surface area contributed by atoms with Gasteiger partial charge in [0.05, 0.1) is 0 Å². The maximum absolute atomic E-state index is 3.19. The molecule has 0 amide bonds. The molecule has 3 rings (SSSR count). The maximum atomic E-state index is 3.19. The minimum atomic E-state index is 0. The van der Waals surface area contributed by atoms with Crippen LogP contribution in [0, 0.1) is 12.2 Å². The third-order valence-electron chi connectivity index (χ3n) is 3.42. The van der Waals surface area contributed by atoms with E-state index in [1.807, 2.05) is 6.07 Å². The van der Waals surface area contributed by atoms with E-state index in [4.69, 9.17) is 0 Å². The van der Waals surface area contributed by atoms with Gasteiger partial charge in [-0.15, -0.1) is 12.8 Å². The van der Waals surface area contributed by atoms with Gasteiger partial charge in [-0.1, -0.05) is 27.7 Å². The molecular formula is C22H26Cl2Zr-2. The summed E-state index contributed by atoms with van der Waals surface area (Å²) in [6.07, 6.45) is 12.8. The Morgan fingerprint density at radius 1 is 0.800 bits per heavy atom. The monoisotopic (exact) mass is 450 g/mol. The zero-order valence-corrected chi connectivity index (χ0v) is 19.7. The van der Waals surface area contributed by atoms with Crippen molar-refractivity contribution < 1.29 is 49.0 Å². The van der Waals surface area contributed by atoms with Gasteiger partial charge < -0.3 is 24.8 Å². The predicted molar refractivity (Wildman–Crippen MR) is 97.8 cm³/mol. The molecule has 0 radical (unpaired) electrons. The molecule has 0 saturated heterocycles. The van der Waals surface area contributed by atoms with Gasteiger partial charge in [0.1, 0.15) is 0 Å². The summed E-state index contributed by atoms with van der Waals surface area (Å²) in [7, 11) is 0. The van der Waals surface area contributed by atoms with E-state index in [9.17, 15) is 0 Å². The third-order valence-corrected chi connectivity index (χ3v) is 4.13. The van der Waals surface area contributed by atoms with E-state index in [-0.39, 0.29) is 24.8 Å². The average Bonchev–Trinajstić information content (AvgIpc) is 3.08. The van der Waals surface area contributed by atoms with Crippen molar-refractivity contribution in [2.75, 3.05) is 0 Å². The Morgan fingerprint density at radius 2 is 1.20 bits per heavy atom. The fourth-order valence-corrected chi connectivity index (χ4v) is 2.60. The fraction of sp³-hybridized carbons (Fsp3) is 0.318. The summed E-state index contributed by atoms with van der Waals surface area (Å²) in [6, 6.07) is 10.5. The van der Waals surface area contributed by atoms with Crippen LogP contribution >= 0.6 is 0 Å². The van der Waals surface area contributed by atoms with Crippen molar-refractivity contribution in [2.45, 2.75) is 47.5 Å². The summed E-state index contributed by atoms with van der Waals surface area (Å²) in [5.41, 5.74) is 6.81. The van der Waals surface area contributed by atoms with Crippen molar-refractivity contribution in [3.63, 3.8) is 0 Å². The summed E-state index contributed by atoms with van der Waals surface area (Å²) in [5, 5.41) is 0. The first-order valence-electron chi connectivity index (χ1n) is 7.98. The average molecular weight is 453 g/mol. The predicted octanol–water partition coefficient (Wildman–Crippen LogP) is -0.0464.